The van der Waals surface area contributed by atoms with Crippen molar-refractivity contribution in [1.29, 1.82) is 0 Å². The minimum Gasteiger partial charge on any atom is -0.313 e. The van der Waals surface area contributed by atoms with E-state index < -0.39 is 0 Å². The van der Waals surface area contributed by atoms with Crippen LogP contribution < -0.4 is 5.32 Å². The number of hydrogen-bond acceptors (Lipinski definition) is 1. The van der Waals surface area contributed by atoms with Gasteiger partial charge in [0.1, 0.15) is 5.82 Å². The van der Waals surface area contributed by atoms with E-state index in [1.807, 2.05) is 6.07 Å². The zero-order valence-corrected chi connectivity index (χ0v) is 8.85. The SMILES string of the molecule is Fc1ccc2c3c1CCCC3CCNC2. The molecular weight excluding hydrogens is 189 g/mol. The van der Waals surface area contributed by atoms with E-state index in [4.69, 9.17) is 0 Å². The molecular formula is C13H16FN. The molecule has 1 unspecified atom stereocenters. The fraction of sp³-hybridized carbons (Fsp3) is 0.538. The minimum atomic E-state index is 0.0142. The lowest BCUT2D eigenvalue weighted by molar-refractivity contribution is 0.499. The van der Waals surface area contributed by atoms with Crippen molar-refractivity contribution < 1.29 is 4.39 Å². The number of hydrogen-bond donors (Lipinski definition) is 1. The van der Waals surface area contributed by atoms with Gasteiger partial charge >= 0.3 is 0 Å². The van der Waals surface area contributed by atoms with Crippen LogP contribution in [0.3, 0.4) is 0 Å². The van der Waals surface area contributed by atoms with Crippen molar-refractivity contribution in [2.24, 2.45) is 0 Å². The first kappa shape index (κ1) is 9.34. The Labute approximate surface area is 89.7 Å². The lowest BCUT2D eigenvalue weighted by Gasteiger charge is -2.26. The molecule has 15 heavy (non-hydrogen) atoms. The maximum absolute atomic E-state index is 13.7. The van der Waals surface area contributed by atoms with E-state index in [1.165, 1.54) is 24.0 Å². The fourth-order valence-corrected chi connectivity index (χ4v) is 3.06. The monoisotopic (exact) mass is 205 g/mol. The van der Waals surface area contributed by atoms with Gasteiger partial charge in [0.25, 0.3) is 0 Å². The summed E-state index contributed by atoms with van der Waals surface area (Å²) in [6.07, 6.45) is 4.50. The van der Waals surface area contributed by atoms with Crippen LogP contribution in [0, 0.1) is 5.82 Å². The van der Waals surface area contributed by atoms with Crippen LogP contribution in [0.1, 0.15) is 41.9 Å². The summed E-state index contributed by atoms with van der Waals surface area (Å²) in [5.41, 5.74) is 3.67. The van der Waals surface area contributed by atoms with Crippen molar-refractivity contribution in [2.45, 2.75) is 38.1 Å². The van der Waals surface area contributed by atoms with Crippen molar-refractivity contribution in [3.63, 3.8) is 0 Å². The van der Waals surface area contributed by atoms with Crippen LogP contribution in [-0.2, 0) is 13.0 Å². The zero-order valence-electron chi connectivity index (χ0n) is 8.85. The van der Waals surface area contributed by atoms with Crippen molar-refractivity contribution >= 4 is 0 Å². The van der Waals surface area contributed by atoms with Gasteiger partial charge in [-0.3, -0.25) is 0 Å². The van der Waals surface area contributed by atoms with Crippen LogP contribution >= 0.6 is 0 Å². The standard InChI is InChI=1S/C13H16FN/c14-12-5-4-10-8-15-7-6-9-2-1-3-11(12)13(9)10/h4-5,9,15H,1-3,6-8H2. The van der Waals surface area contributed by atoms with Gasteiger partial charge in [0.05, 0.1) is 0 Å². The summed E-state index contributed by atoms with van der Waals surface area (Å²) in [4.78, 5) is 0. The molecule has 1 N–H and O–H groups in total. The molecule has 1 aliphatic carbocycles. The average molecular weight is 205 g/mol. The van der Waals surface area contributed by atoms with Gasteiger partial charge in [0, 0.05) is 6.54 Å². The Morgan fingerprint density at radius 2 is 2.20 bits per heavy atom. The molecule has 2 heteroatoms. The van der Waals surface area contributed by atoms with Gasteiger partial charge in [-0.1, -0.05) is 6.07 Å². The van der Waals surface area contributed by atoms with Gasteiger partial charge in [-0.2, -0.15) is 0 Å². The number of nitrogens with one attached hydrogen (secondary N) is 1. The van der Waals surface area contributed by atoms with Crippen LogP contribution in [-0.4, -0.2) is 6.54 Å². The van der Waals surface area contributed by atoms with Gasteiger partial charge < -0.3 is 5.32 Å². The molecule has 0 saturated carbocycles. The maximum Gasteiger partial charge on any atom is 0.126 e. The van der Waals surface area contributed by atoms with Gasteiger partial charge in [-0.05, 0) is 60.9 Å². The van der Waals surface area contributed by atoms with Crippen molar-refractivity contribution in [2.75, 3.05) is 6.54 Å². The molecule has 1 aromatic carbocycles. The second kappa shape index (κ2) is 3.60. The zero-order chi connectivity index (χ0) is 10.3. The highest BCUT2D eigenvalue weighted by atomic mass is 19.1. The highest BCUT2D eigenvalue weighted by molar-refractivity contribution is 5.41. The third-order valence-corrected chi connectivity index (χ3v) is 3.76. The van der Waals surface area contributed by atoms with Gasteiger partial charge in [-0.15, -0.1) is 0 Å². The van der Waals surface area contributed by atoms with E-state index in [2.05, 4.69) is 5.32 Å². The average Bonchev–Trinajstić information content (AvgIpc) is 2.47. The molecule has 0 saturated heterocycles. The molecule has 1 aliphatic heterocycles. The maximum atomic E-state index is 13.7. The molecule has 1 aromatic rings. The Morgan fingerprint density at radius 3 is 3.13 bits per heavy atom. The van der Waals surface area contributed by atoms with E-state index in [9.17, 15) is 4.39 Å². The summed E-state index contributed by atoms with van der Waals surface area (Å²) in [5.74, 6) is 0.620. The highest BCUT2D eigenvalue weighted by Gasteiger charge is 2.26. The van der Waals surface area contributed by atoms with Crippen LogP contribution in [0.15, 0.2) is 12.1 Å². The Bertz CT molecular complexity index is 386. The van der Waals surface area contributed by atoms with Crippen LogP contribution in [0.5, 0.6) is 0 Å². The first-order chi connectivity index (χ1) is 7.36. The Kier molecular flexibility index (Phi) is 2.24. The molecule has 3 rings (SSSR count). The molecule has 0 amide bonds. The molecule has 80 valence electrons. The fourth-order valence-electron chi connectivity index (χ4n) is 3.06. The van der Waals surface area contributed by atoms with Gasteiger partial charge in [0.2, 0.25) is 0 Å². The summed E-state index contributed by atoms with van der Waals surface area (Å²) in [5, 5.41) is 3.42. The minimum absolute atomic E-state index is 0.0142. The lowest BCUT2D eigenvalue weighted by atomic mass is 9.79. The van der Waals surface area contributed by atoms with Crippen LogP contribution in [0.2, 0.25) is 0 Å². The summed E-state index contributed by atoms with van der Waals surface area (Å²) in [6, 6.07) is 3.61. The summed E-state index contributed by atoms with van der Waals surface area (Å²) in [6.45, 7) is 1.99. The predicted molar refractivity (Wildman–Crippen MR) is 58.4 cm³/mol. The van der Waals surface area contributed by atoms with Crippen molar-refractivity contribution in [1.82, 2.24) is 5.32 Å². The van der Waals surface area contributed by atoms with Crippen LogP contribution in [0.25, 0.3) is 0 Å². The van der Waals surface area contributed by atoms with E-state index in [0.717, 1.165) is 31.5 Å². The molecule has 0 fully saturated rings. The first-order valence-corrected chi connectivity index (χ1v) is 5.87. The second-order valence-electron chi connectivity index (χ2n) is 4.65. The molecule has 1 atom stereocenters. The van der Waals surface area contributed by atoms with E-state index >= 15 is 0 Å². The Hall–Kier alpha value is -0.890. The molecule has 0 aromatic heterocycles. The second-order valence-corrected chi connectivity index (χ2v) is 4.65. The van der Waals surface area contributed by atoms with Crippen LogP contribution in [0.4, 0.5) is 4.39 Å². The predicted octanol–water partition coefficient (Wildman–Crippen LogP) is 2.74. The molecule has 1 nitrogen and oxygen atoms in total. The summed E-state index contributed by atoms with van der Waals surface area (Å²) < 4.78 is 13.7. The molecule has 0 bridgehead atoms. The van der Waals surface area contributed by atoms with Gasteiger partial charge in [0.15, 0.2) is 0 Å². The molecule has 1 heterocycles. The Balaban J connectivity index is 2.18. The molecule has 2 aliphatic rings. The Morgan fingerprint density at radius 1 is 1.27 bits per heavy atom. The quantitative estimate of drug-likeness (QED) is 0.686. The third-order valence-electron chi connectivity index (χ3n) is 3.76. The smallest absolute Gasteiger partial charge is 0.126 e. The first-order valence-electron chi connectivity index (χ1n) is 5.87. The highest BCUT2D eigenvalue weighted by Crippen LogP contribution is 2.38. The number of benzene rings is 1. The molecule has 0 radical (unpaired) electrons. The van der Waals surface area contributed by atoms with E-state index in [-0.39, 0.29) is 5.82 Å². The summed E-state index contributed by atoms with van der Waals surface area (Å²) in [7, 11) is 0. The topological polar surface area (TPSA) is 12.0 Å². The lowest BCUT2D eigenvalue weighted by Crippen LogP contribution is -2.13. The van der Waals surface area contributed by atoms with E-state index in [1.54, 1.807) is 6.07 Å². The molecule has 0 spiro atoms. The largest absolute Gasteiger partial charge is 0.313 e. The normalized spacial score (nSPS) is 24.5. The number of halogens is 1. The van der Waals surface area contributed by atoms with Crippen molar-refractivity contribution in [3.8, 4) is 0 Å². The van der Waals surface area contributed by atoms with Crippen molar-refractivity contribution in [3.05, 3.63) is 34.6 Å². The number of rotatable bonds is 0. The third kappa shape index (κ3) is 1.48. The van der Waals surface area contributed by atoms with E-state index in [0.29, 0.717) is 5.92 Å². The summed E-state index contributed by atoms with van der Waals surface area (Å²) >= 11 is 0. The van der Waals surface area contributed by atoms with Gasteiger partial charge in [-0.25, -0.2) is 4.39 Å².